The summed E-state index contributed by atoms with van der Waals surface area (Å²) >= 11 is 0. The van der Waals surface area contributed by atoms with Gasteiger partial charge in [0.2, 0.25) is 0 Å². The Morgan fingerprint density at radius 1 is 0.946 bits per heavy atom. The van der Waals surface area contributed by atoms with Crippen molar-refractivity contribution in [3.8, 4) is 0 Å². The zero-order valence-corrected chi connectivity index (χ0v) is 24.1. The van der Waals surface area contributed by atoms with Crippen LogP contribution in [0.3, 0.4) is 0 Å². The Hall–Kier alpha value is -1.52. The summed E-state index contributed by atoms with van der Waals surface area (Å²) < 4.78 is 5.59. The molecule has 1 unspecified atom stereocenters. The fourth-order valence-electron chi connectivity index (χ4n) is 9.64. The molecule has 0 aromatic carbocycles. The highest BCUT2D eigenvalue weighted by Crippen LogP contribution is 2.67. The van der Waals surface area contributed by atoms with Crippen LogP contribution in [-0.4, -0.2) is 29.4 Å². The molecule has 0 heterocycles. The Kier molecular flexibility index (Phi) is 8.41. The number of hydrogen-bond acceptors (Lipinski definition) is 5. The molecule has 0 aromatic heterocycles. The molecule has 10 atom stereocenters. The van der Waals surface area contributed by atoms with Gasteiger partial charge in [0.25, 0.3) is 0 Å². The second-order valence-electron chi connectivity index (χ2n) is 14.0. The van der Waals surface area contributed by atoms with E-state index in [-0.39, 0.29) is 46.3 Å². The van der Waals surface area contributed by atoms with Crippen LogP contribution < -0.4 is 0 Å². The van der Waals surface area contributed by atoms with E-state index in [1.165, 1.54) is 19.8 Å². The van der Waals surface area contributed by atoms with Gasteiger partial charge in [0.15, 0.2) is 0 Å². The third-order valence-corrected chi connectivity index (χ3v) is 11.8. The number of fused-ring (bicyclic) bond motifs is 5. The average molecular weight is 515 g/mol. The van der Waals surface area contributed by atoms with Crippen molar-refractivity contribution in [2.75, 3.05) is 0 Å². The van der Waals surface area contributed by atoms with Crippen LogP contribution in [0.2, 0.25) is 0 Å². The second kappa shape index (κ2) is 10.9. The van der Waals surface area contributed by atoms with Crippen molar-refractivity contribution in [3.63, 3.8) is 0 Å². The van der Waals surface area contributed by atoms with E-state index >= 15 is 0 Å². The van der Waals surface area contributed by atoms with Crippen molar-refractivity contribution in [1.29, 1.82) is 0 Å². The Bertz CT molecular complexity index is 909. The average Bonchev–Trinajstić information content (AvgIpc) is 3.17. The number of carbonyl (C=O) groups is 4. The van der Waals surface area contributed by atoms with E-state index in [0.717, 1.165) is 38.5 Å². The predicted molar refractivity (Wildman–Crippen MR) is 144 cm³/mol. The predicted octanol–water partition coefficient (Wildman–Crippen LogP) is 6.75. The fourth-order valence-corrected chi connectivity index (χ4v) is 9.64. The van der Waals surface area contributed by atoms with Crippen LogP contribution in [0, 0.1) is 52.3 Å². The molecule has 5 heteroatoms. The highest BCUT2D eigenvalue weighted by atomic mass is 16.5. The molecule has 4 saturated carbocycles. The van der Waals surface area contributed by atoms with E-state index in [1.54, 1.807) is 6.92 Å². The van der Waals surface area contributed by atoms with Crippen LogP contribution in [0.1, 0.15) is 119 Å². The Labute approximate surface area is 224 Å². The first-order valence-electron chi connectivity index (χ1n) is 15.1. The lowest BCUT2D eigenvalue weighted by Gasteiger charge is -2.60. The van der Waals surface area contributed by atoms with Crippen LogP contribution in [0.5, 0.6) is 0 Å². The number of ether oxygens (including phenoxy) is 1. The Morgan fingerprint density at radius 2 is 1.65 bits per heavy atom. The summed E-state index contributed by atoms with van der Waals surface area (Å²) in [6.45, 7) is 12.1. The number of esters is 1. The highest BCUT2D eigenvalue weighted by Gasteiger charge is 2.63. The van der Waals surface area contributed by atoms with Gasteiger partial charge in [0.05, 0.1) is 0 Å². The van der Waals surface area contributed by atoms with E-state index in [1.807, 2.05) is 6.92 Å². The van der Waals surface area contributed by atoms with Gasteiger partial charge in [-0.05, 0) is 105 Å². The van der Waals surface area contributed by atoms with Crippen LogP contribution in [0.15, 0.2) is 0 Å². The number of ketones is 3. The van der Waals surface area contributed by atoms with Crippen LogP contribution >= 0.6 is 0 Å². The van der Waals surface area contributed by atoms with Gasteiger partial charge in [-0.15, -0.1) is 0 Å². The Balaban J connectivity index is 1.40. The molecular weight excluding hydrogens is 464 g/mol. The van der Waals surface area contributed by atoms with Gasteiger partial charge < -0.3 is 4.74 Å². The lowest BCUT2D eigenvalue weighted by molar-refractivity contribution is -0.169. The van der Waals surface area contributed by atoms with Crippen LogP contribution in [0.25, 0.3) is 0 Å². The molecule has 208 valence electrons. The SMILES string of the molecule is CC(=O)O[C@@H]1CC[C@@]2(C)[C@H](CC[C@H]3[C@@H]4CC[C@H]([C@H](C)CCC(=O)CCC(C)C(C)=O)[C@@]4(C)CC(=O)[C@@H]32)C1. The molecule has 0 amide bonds. The molecule has 0 saturated heterocycles. The zero-order chi connectivity index (χ0) is 27.1. The summed E-state index contributed by atoms with van der Waals surface area (Å²) in [5, 5.41) is 0. The van der Waals surface area contributed by atoms with Gasteiger partial charge in [-0.1, -0.05) is 27.7 Å². The van der Waals surface area contributed by atoms with Gasteiger partial charge in [0, 0.05) is 38.0 Å². The molecule has 4 aliphatic carbocycles. The van der Waals surface area contributed by atoms with Crippen molar-refractivity contribution in [1.82, 2.24) is 0 Å². The molecular formula is C32H50O5. The number of hydrogen-bond donors (Lipinski definition) is 0. The lowest BCUT2D eigenvalue weighted by atomic mass is 9.44. The second-order valence-corrected chi connectivity index (χ2v) is 14.0. The molecule has 0 aromatic rings. The highest BCUT2D eigenvalue weighted by molar-refractivity contribution is 5.84. The molecule has 0 bridgehead atoms. The summed E-state index contributed by atoms with van der Waals surface area (Å²) in [6, 6.07) is 0. The van der Waals surface area contributed by atoms with Crippen molar-refractivity contribution in [2.24, 2.45) is 52.3 Å². The molecule has 0 spiro atoms. The zero-order valence-electron chi connectivity index (χ0n) is 24.1. The quantitative estimate of drug-likeness (QED) is 0.318. The van der Waals surface area contributed by atoms with Crippen molar-refractivity contribution >= 4 is 23.3 Å². The monoisotopic (exact) mass is 514 g/mol. The first-order chi connectivity index (χ1) is 17.4. The van der Waals surface area contributed by atoms with Crippen molar-refractivity contribution in [2.45, 2.75) is 125 Å². The molecule has 0 radical (unpaired) electrons. The van der Waals surface area contributed by atoms with Gasteiger partial charge in [-0.2, -0.15) is 0 Å². The normalized spacial score (nSPS) is 40.6. The molecule has 4 aliphatic rings. The summed E-state index contributed by atoms with van der Waals surface area (Å²) in [5.74, 6) is 3.31. The standard InChI is InChI=1S/C32H50O5/c1-19(21(3)33)7-10-24(35)11-8-20(2)27-13-14-28-26-12-9-23-17-25(37-22(4)34)15-16-31(23,5)30(26)29(36)18-32(27,28)6/h19-20,23,25-28,30H,7-18H2,1-6H3/t19?,20-,23-,25-,26+,27-,28+,30-,31+,32-/m1/s1. The molecule has 5 nitrogen and oxygen atoms in total. The van der Waals surface area contributed by atoms with Gasteiger partial charge in [-0.3, -0.25) is 19.2 Å². The van der Waals surface area contributed by atoms with E-state index in [2.05, 4.69) is 20.8 Å². The molecule has 4 fully saturated rings. The summed E-state index contributed by atoms with van der Waals surface area (Å²) in [4.78, 5) is 49.5. The smallest absolute Gasteiger partial charge is 0.302 e. The molecule has 4 rings (SSSR count). The van der Waals surface area contributed by atoms with Gasteiger partial charge in [0.1, 0.15) is 23.5 Å². The summed E-state index contributed by atoms with van der Waals surface area (Å²) in [7, 11) is 0. The van der Waals surface area contributed by atoms with E-state index in [0.29, 0.717) is 61.1 Å². The van der Waals surface area contributed by atoms with Crippen molar-refractivity contribution < 1.29 is 23.9 Å². The molecule has 0 N–H and O–H groups in total. The van der Waals surface area contributed by atoms with E-state index in [9.17, 15) is 19.2 Å². The topological polar surface area (TPSA) is 77.5 Å². The third kappa shape index (κ3) is 5.48. The van der Waals surface area contributed by atoms with Gasteiger partial charge in [-0.25, -0.2) is 0 Å². The van der Waals surface area contributed by atoms with Crippen molar-refractivity contribution in [3.05, 3.63) is 0 Å². The van der Waals surface area contributed by atoms with Crippen LogP contribution in [0.4, 0.5) is 0 Å². The maximum Gasteiger partial charge on any atom is 0.302 e. The number of carbonyl (C=O) groups excluding carboxylic acids is 4. The Morgan fingerprint density at radius 3 is 2.32 bits per heavy atom. The molecule has 37 heavy (non-hydrogen) atoms. The van der Waals surface area contributed by atoms with Gasteiger partial charge >= 0.3 is 5.97 Å². The fraction of sp³-hybridized carbons (Fsp3) is 0.875. The maximum atomic E-state index is 14.0. The lowest BCUT2D eigenvalue weighted by Crippen LogP contribution is -2.58. The molecule has 0 aliphatic heterocycles. The number of rotatable bonds is 9. The first-order valence-corrected chi connectivity index (χ1v) is 15.1. The summed E-state index contributed by atoms with van der Waals surface area (Å²) in [6.07, 6.45) is 10.8. The van der Waals surface area contributed by atoms with Crippen LogP contribution in [-0.2, 0) is 23.9 Å². The third-order valence-electron chi connectivity index (χ3n) is 11.8. The van der Waals surface area contributed by atoms with E-state index < -0.39 is 0 Å². The largest absolute Gasteiger partial charge is 0.463 e. The number of Topliss-reactive ketones (excluding diaryl/α,β-unsaturated/α-hetero) is 3. The maximum absolute atomic E-state index is 14.0. The first kappa shape index (κ1) is 28.5. The minimum absolute atomic E-state index is 0.0150. The minimum Gasteiger partial charge on any atom is -0.463 e. The van der Waals surface area contributed by atoms with E-state index in [4.69, 9.17) is 4.74 Å². The minimum atomic E-state index is -0.190. The summed E-state index contributed by atoms with van der Waals surface area (Å²) in [5.41, 5.74) is 0.0765.